The Morgan fingerprint density at radius 1 is 1.18 bits per heavy atom. The van der Waals surface area contributed by atoms with E-state index >= 15 is 0 Å². The van der Waals surface area contributed by atoms with Crippen LogP contribution in [-0.2, 0) is 16.0 Å². The third-order valence-corrected chi connectivity index (χ3v) is 4.64. The fourth-order valence-electron chi connectivity index (χ4n) is 3.14. The molecule has 28 heavy (non-hydrogen) atoms. The highest BCUT2D eigenvalue weighted by atomic mass is 16.5. The van der Waals surface area contributed by atoms with Crippen molar-refractivity contribution in [3.05, 3.63) is 53.6 Å². The Bertz CT molecular complexity index is 848. The van der Waals surface area contributed by atoms with Gasteiger partial charge in [0.15, 0.2) is 0 Å². The zero-order valence-electron chi connectivity index (χ0n) is 16.5. The van der Waals surface area contributed by atoms with Crippen molar-refractivity contribution in [3.63, 3.8) is 0 Å². The molecule has 2 amide bonds. The number of amides is 2. The number of benzene rings is 2. The molecule has 1 N–H and O–H groups in total. The van der Waals surface area contributed by atoms with Crippen molar-refractivity contribution in [2.75, 3.05) is 23.4 Å². The third kappa shape index (κ3) is 4.63. The summed E-state index contributed by atoms with van der Waals surface area (Å²) < 4.78 is 10.9. The lowest BCUT2D eigenvalue weighted by Gasteiger charge is -2.34. The van der Waals surface area contributed by atoms with Gasteiger partial charge in [-0.3, -0.25) is 9.69 Å². The van der Waals surface area contributed by atoms with Gasteiger partial charge in [-0.2, -0.15) is 0 Å². The highest BCUT2D eigenvalue weighted by Gasteiger charge is 2.29. The number of nitrogens with zero attached hydrogens (tertiary/aromatic N) is 1. The van der Waals surface area contributed by atoms with E-state index in [4.69, 9.17) is 9.47 Å². The number of ether oxygens (including phenoxy) is 2. The van der Waals surface area contributed by atoms with Crippen molar-refractivity contribution < 1.29 is 19.1 Å². The van der Waals surface area contributed by atoms with Gasteiger partial charge in [0, 0.05) is 5.69 Å². The van der Waals surface area contributed by atoms with E-state index in [2.05, 4.69) is 5.32 Å². The van der Waals surface area contributed by atoms with Crippen LogP contribution in [0.1, 0.15) is 31.4 Å². The lowest BCUT2D eigenvalue weighted by Crippen LogP contribution is -2.45. The van der Waals surface area contributed by atoms with Crippen molar-refractivity contribution >= 4 is 23.4 Å². The van der Waals surface area contributed by atoms with Crippen LogP contribution in [0, 0.1) is 6.92 Å². The fraction of sp³-hybridized carbons (Fsp3) is 0.364. The Labute approximate surface area is 165 Å². The summed E-state index contributed by atoms with van der Waals surface area (Å²) in [5, 5.41) is 2.94. The summed E-state index contributed by atoms with van der Waals surface area (Å²) in [6.45, 7) is 6.68. The van der Waals surface area contributed by atoms with Crippen LogP contribution in [-0.4, -0.2) is 31.3 Å². The molecular formula is C22H26N2O4. The van der Waals surface area contributed by atoms with Crippen molar-refractivity contribution in [1.29, 1.82) is 0 Å². The topological polar surface area (TPSA) is 67.9 Å². The molecule has 1 heterocycles. The highest BCUT2D eigenvalue weighted by molar-refractivity contribution is 6.03. The summed E-state index contributed by atoms with van der Waals surface area (Å²) in [5.74, 6) is 0.467. The first-order valence-electron chi connectivity index (χ1n) is 9.60. The van der Waals surface area contributed by atoms with E-state index in [0.717, 1.165) is 29.0 Å². The summed E-state index contributed by atoms with van der Waals surface area (Å²) >= 11 is 0. The smallest absolute Gasteiger partial charge is 0.326 e. The summed E-state index contributed by atoms with van der Waals surface area (Å²) in [6, 6.07) is 12.9. The van der Waals surface area contributed by atoms with Crippen molar-refractivity contribution in [2.45, 2.75) is 39.7 Å². The molecule has 0 radical (unpaired) electrons. The number of aryl methyl sites for hydroxylation is 1. The van der Waals surface area contributed by atoms with E-state index in [1.165, 1.54) is 0 Å². The number of nitrogens with one attached hydrogen (secondary N) is 1. The van der Waals surface area contributed by atoms with Gasteiger partial charge in [0.1, 0.15) is 11.9 Å². The van der Waals surface area contributed by atoms with Crippen LogP contribution < -0.4 is 15.0 Å². The highest BCUT2D eigenvalue weighted by Crippen LogP contribution is 2.35. The van der Waals surface area contributed by atoms with Crippen LogP contribution in [0.2, 0.25) is 0 Å². The summed E-state index contributed by atoms with van der Waals surface area (Å²) in [6.07, 6.45) is 1.00. The molecule has 1 unspecified atom stereocenters. The van der Waals surface area contributed by atoms with Crippen molar-refractivity contribution in [2.24, 2.45) is 0 Å². The molecule has 0 fully saturated rings. The molecule has 0 saturated heterocycles. The lowest BCUT2D eigenvalue weighted by atomic mass is 10.1. The fourth-order valence-corrected chi connectivity index (χ4v) is 3.14. The normalized spacial score (nSPS) is 15.4. The molecule has 6 nitrogen and oxygen atoms in total. The molecule has 0 aliphatic carbocycles. The first kappa shape index (κ1) is 19.7. The minimum absolute atomic E-state index is 0.0343. The molecule has 0 saturated carbocycles. The molecule has 2 aromatic carbocycles. The Morgan fingerprint density at radius 2 is 1.93 bits per heavy atom. The van der Waals surface area contributed by atoms with Gasteiger partial charge in [-0.15, -0.1) is 0 Å². The Kier molecular flexibility index (Phi) is 6.19. The molecule has 3 rings (SSSR count). The number of esters is 1. The zero-order valence-corrected chi connectivity index (χ0v) is 16.5. The Hall–Kier alpha value is -3.02. The molecule has 0 spiro atoms. The molecule has 2 aromatic rings. The molecule has 0 aromatic heterocycles. The van der Waals surface area contributed by atoms with E-state index in [9.17, 15) is 9.59 Å². The van der Waals surface area contributed by atoms with Crippen LogP contribution in [0.25, 0.3) is 0 Å². The molecule has 1 aliphatic rings. The average molecular weight is 382 g/mol. The maximum absolute atomic E-state index is 12.9. The predicted molar refractivity (Wildman–Crippen MR) is 109 cm³/mol. The largest absolute Gasteiger partial charge is 0.486 e. The van der Waals surface area contributed by atoms with Gasteiger partial charge in [-0.1, -0.05) is 25.1 Å². The van der Waals surface area contributed by atoms with Crippen molar-refractivity contribution in [3.8, 4) is 5.75 Å². The quantitative estimate of drug-likeness (QED) is 0.783. The standard InChI is InChI=1S/C22H26N2O4/c1-4-18-14-24(19-12-15(3)6-11-20(19)28-18)22(26)23-17-9-7-16(8-10-17)13-21(25)27-5-2/h6-12,18H,4-5,13-14H2,1-3H3,(H,23,26). The first-order chi connectivity index (χ1) is 13.5. The Balaban J connectivity index is 1.72. The SMILES string of the molecule is CCOC(=O)Cc1ccc(NC(=O)N2CC(CC)Oc3ccc(C)cc32)cc1. The Morgan fingerprint density at radius 3 is 2.61 bits per heavy atom. The van der Waals surface area contributed by atoms with Gasteiger partial charge < -0.3 is 14.8 Å². The number of hydrogen-bond acceptors (Lipinski definition) is 4. The molecule has 0 bridgehead atoms. The minimum atomic E-state index is -0.259. The number of rotatable bonds is 5. The second-order valence-corrected chi connectivity index (χ2v) is 6.84. The van der Waals surface area contributed by atoms with E-state index in [1.807, 2.05) is 44.2 Å². The number of urea groups is 1. The van der Waals surface area contributed by atoms with E-state index in [-0.39, 0.29) is 24.5 Å². The second-order valence-electron chi connectivity index (χ2n) is 6.84. The van der Waals surface area contributed by atoms with Gasteiger partial charge in [0.2, 0.25) is 0 Å². The molecule has 148 valence electrons. The molecule has 1 atom stereocenters. The number of carbonyl (C=O) groups excluding carboxylic acids is 2. The van der Waals surface area contributed by atoms with Gasteiger partial charge in [0.25, 0.3) is 0 Å². The maximum Gasteiger partial charge on any atom is 0.326 e. The third-order valence-electron chi connectivity index (χ3n) is 4.64. The first-order valence-corrected chi connectivity index (χ1v) is 9.60. The predicted octanol–water partition coefficient (Wildman–Crippen LogP) is 4.31. The van der Waals surface area contributed by atoms with Gasteiger partial charge >= 0.3 is 12.0 Å². The van der Waals surface area contributed by atoms with Crippen LogP contribution in [0.15, 0.2) is 42.5 Å². The van der Waals surface area contributed by atoms with Crippen LogP contribution in [0.5, 0.6) is 5.75 Å². The summed E-state index contributed by atoms with van der Waals surface area (Å²) in [7, 11) is 0. The van der Waals surface area contributed by atoms with Crippen LogP contribution in [0.4, 0.5) is 16.2 Å². The van der Waals surface area contributed by atoms with Gasteiger partial charge in [0.05, 0.1) is 25.3 Å². The summed E-state index contributed by atoms with van der Waals surface area (Å²) in [4.78, 5) is 26.2. The minimum Gasteiger partial charge on any atom is -0.486 e. The molecule has 6 heteroatoms. The van der Waals surface area contributed by atoms with E-state index in [0.29, 0.717) is 18.8 Å². The zero-order chi connectivity index (χ0) is 20.1. The van der Waals surface area contributed by atoms with Crippen LogP contribution >= 0.6 is 0 Å². The van der Waals surface area contributed by atoms with E-state index < -0.39 is 0 Å². The van der Waals surface area contributed by atoms with E-state index in [1.54, 1.807) is 24.0 Å². The number of carbonyl (C=O) groups is 2. The summed E-state index contributed by atoms with van der Waals surface area (Å²) in [5.41, 5.74) is 3.36. The van der Waals surface area contributed by atoms with Crippen molar-refractivity contribution in [1.82, 2.24) is 0 Å². The van der Waals surface area contributed by atoms with Crippen LogP contribution in [0.3, 0.4) is 0 Å². The van der Waals surface area contributed by atoms with Gasteiger partial charge in [-0.25, -0.2) is 4.79 Å². The monoisotopic (exact) mass is 382 g/mol. The number of hydrogen-bond donors (Lipinski definition) is 1. The maximum atomic E-state index is 12.9. The number of anilines is 2. The molecular weight excluding hydrogens is 356 g/mol. The molecule has 1 aliphatic heterocycles. The lowest BCUT2D eigenvalue weighted by molar-refractivity contribution is -0.142. The average Bonchev–Trinajstić information content (AvgIpc) is 2.68. The second kappa shape index (κ2) is 8.78. The van der Waals surface area contributed by atoms with Gasteiger partial charge in [-0.05, 0) is 55.7 Å². The number of fused-ring (bicyclic) bond motifs is 1.